The summed E-state index contributed by atoms with van der Waals surface area (Å²) in [6.45, 7) is -0.559. The van der Waals surface area contributed by atoms with Gasteiger partial charge >= 0.3 is 5.97 Å². The summed E-state index contributed by atoms with van der Waals surface area (Å²) in [6.07, 6.45) is -1.15. The Hall–Kier alpha value is -3.48. The molecule has 0 bridgehead atoms. The second-order valence-corrected chi connectivity index (χ2v) is 6.26. The van der Waals surface area contributed by atoms with Crippen LogP contribution in [0.25, 0.3) is 0 Å². The second kappa shape index (κ2) is 7.41. The highest BCUT2D eigenvalue weighted by Crippen LogP contribution is 2.24. The minimum Gasteiger partial charge on any atom is -0.446 e. The zero-order chi connectivity index (χ0) is 19.6. The molecule has 0 unspecified atom stereocenters. The molecule has 1 atom stereocenters. The van der Waals surface area contributed by atoms with Crippen molar-refractivity contribution in [3.05, 3.63) is 71.3 Å². The molecule has 1 aliphatic rings. The number of benzene rings is 2. The molecular weight excluding hydrogens is 348 g/mol. The summed E-state index contributed by atoms with van der Waals surface area (Å²) >= 11 is 0. The molecule has 0 saturated heterocycles. The number of imide groups is 1. The lowest BCUT2D eigenvalue weighted by Gasteiger charge is -2.22. The third kappa shape index (κ3) is 3.57. The Morgan fingerprint density at radius 3 is 1.96 bits per heavy atom. The molecule has 2 aromatic carbocycles. The SMILES string of the molecule is CN(C)C(=O)[C@H](OC(=O)CN1C(=O)c2ccccc2C1=O)c1ccccc1. The first-order valence-corrected chi connectivity index (χ1v) is 8.31. The zero-order valence-corrected chi connectivity index (χ0v) is 14.9. The first kappa shape index (κ1) is 18.3. The number of rotatable bonds is 5. The van der Waals surface area contributed by atoms with Gasteiger partial charge in [-0.1, -0.05) is 42.5 Å². The molecular formula is C20H18N2O5. The number of hydrogen-bond donors (Lipinski definition) is 0. The van der Waals surface area contributed by atoms with Crippen molar-refractivity contribution in [2.45, 2.75) is 6.10 Å². The lowest BCUT2D eigenvalue weighted by molar-refractivity contribution is -0.159. The van der Waals surface area contributed by atoms with Crippen molar-refractivity contribution in [1.29, 1.82) is 0 Å². The van der Waals surface area contributed by atoms with Crippen molar-refractivity contribution in [1.82, 2.24) is 9.80 Å². The van der Waals surface area contributed by atoms with Gasteiger partial charge in [0.15, 0.2) is 0 Å². The highest BCUT2D eigenvalue weighted by atomic mass is 16.5. The maximum Gasteiger partial charge on any atom is 0.327 e. The largest absolute Gasteiger partial charge is 0.446 e. The van der Waals surface area contributed by atoms with E-state index in [1.165, 1.54) is 17.0 Å². The highest BCUT2D eigenvalue weighted by molar-refractivity contribution is 6.22. The average Bonchev–Trinajstić information content (AvgIpc) is 2.91. The number of esters is 1. The van der Waals surface area contributed by atoms with Crippen molar-refractivity contribution in [2.75, 3.05) is 20.6 Å². The van der Waals surface area contributed by atoms with Crippen LogP contribution in [0.3, 0.4) is 0 Å². The van der Waals surface area contributed by atoms with E-state index >= 15 is 0 Å². The van der Waals surface area contributed by atoms with Crippen LogP contribution in [-0.2, 0) is 14.3 Å². The van der Waals surface area contributed by atoms with E-state index in [1.807, 2.05) is 0 Å². The Kier molecular flexibility index (Phi) is 5.03. The number of carbonyl (C=O) groups is 4. The van der Waals surface area contributed by atoms with Crippen molar-refractivity contribution < 1.29 is 23.9 Å². The van der Waals surface area contributed by atoms with E-state index in [2.05, 4.69) is 0 Å². The predicted molar refractivity (Wildman–Crippen MR) is 95.8 cm³/mol. The molecule has 27 heavy (non-hydrogen) atoms. The maximum absolute atomic E-state index is 12.4. The summed E-state index contributed by atoms with van der Waals surface area (Å²) in [5.41, 5.74) is 1.01. The maximum atomic E-state index is 12.4. The molecule has 7 heteroatoms. The molecule has 7 nitrogen and oxygen atoms in total. The molecule has 0 saturated carbocycles. The lowest BCUT2D eigenvalue weighted by Crippen LogP contribution is -2.38. The van der Waals surface area contributed by atoms with Crippen LogP contribution in [0.5, 0.6) is 0 Å². The van der Waals surface area contributed by atoms with Crippen LogP contribution in [0.4, 0.5) is 0 Å². The van der Waals surface area contributed by atoms with Crippen LogP contribution >= 0.6 is 0 Å². The molecule has 0 fully saturated rings. The van der Waals surface area contributed by atoms with Crippen LogP contribution in [0.1, 0.15) is 32.4 Å². The molecule has 0 N–H and O–H groups in total. The molecule has 138 valence electrons. The molecule has 0 aliphatic carbocycles. The highest BCUT2D eigenvalue weighted by Gasteiger charge is 2.37. The number of hydrogen-bond acceptors (Lipinski definition) is 5. The van der Waals surface area contributed by atoms with Gasteiger partial charge in [0.1, 0.15) is 6.54 Å². The Balaban J connectivity index is 1.77. The average molecular weight is 366 g/mol. The third-order valence-corrected chi connectivity index (χ3v) is 4.18. The first-order valence-electron chi connectivity index (χ1n) is 8.31. The van der Waals surface area contributed by atoms with Crippen molar-refractivity contribution in [3.63, 3.8) is 0 Å². The van der Waals surface area contributed by atoms with E-state index in [0.29, 0.717) is 5.56 Å². The summed E-state index contributed by atoms with van der Waals surface area (Å²) in [5, 5.41) is 0. The fraction of sp³-hybridized carbons (Fsp3) is 0.200. The summed E-state index contributed by atoms with van der Waals surface area (Å²) in [5.74, 6) is -2.36. The molecule has 0 aromatic heterocycles. The molecule has 0 radical (unpaired) electrons. The van der Waals surface area contributed by atoms with Gasteiger partial charge in [0.05, 0.1) is 11.1 Å². The standard InChI is InChI=1S/C20H18N2O5/c1-21(2)20(26)17(13-8-4-3-5-9-13)27-16(23)12-22-18(24)14-10-6-7-11-15(14)19(22)25/h3-11,17H,12H2,1-2H3/t17-/m1/s1. The van der Waals surface area contributed by atoms with E-state index < -0.39 is 36.3 Å². The van der Waals surface area contributed by atoms with E-state index in [0.717, 1.165) is 4.90 Å². The minimum atomic E-state index is -1.15. The molecule has 0 spiro atoms. The molecule has 3 rings (SSSR count). The minimum absolute atomic E-state index is 0.249. The van der Waals surface area contributed by atoms with Crippen molar-refractivity contribution in [3.8, 4) is 0 Å². The second-order valence-electron chi connectivity index (χ2n) is 6.26. The van der Waals surface area contributed by atoms with E-state index in [-0.39, 0.29) is 11.1 Å². The summed E-state index contributed by atoms with van der Waals surface area (Å²) in [7, 11) is 3.10. The zero-order valence-electron chi connectivity index (χ0n) is 14.9. The van der Waals surface area contributed by atoms with Crippen LogP contribution in [0, 0.1) is 0 Å². The van der Waals surface area contributed by atoms with Gasteiger partial charge in [0.2, 0.25) is 6.10 Å². The number of fused-ring (bicyclic) bond motifs is 1. The number of carbonyl (C=O) groups excluding carboxylic acids is 4. The topological polar surface area (TPSA) is 84.0 Å². The Morgan fingerprint density at radius 2 is 1.44 bits per heavy atom. The molecule has 1 aliphatic heterocycles. The number of amides is 3. The molecule has 1 heterocycles. The fourth-order valence-corrected chi connectivity index (χ4v) is 2.80. The first-order chi connectivity index (χ1) is 12.9. The van der Waals surface area contributed by atoms with Gasteiger partial charge in [-0.3, -0.25) is 24.1 Å². The Morgan fingerprint density at radius 1 is 0.926 bits per heavy atom. The van der Waals surface area contributed by atoms with Crippen molar-refractivity contribution >= 4 is 23.7 Å². The number of likely N-dealkylation sites (N-methyl/N-ethyl adjacent to an activating group) is 1. The Bertz CT molecular complexity index is 873. The van der Waals surface area contributed by atoms with Crippen LogP contribution in [0.2, 0.25) is 0 Å². The lowest BCUT2D eigenvalue weighted by atomic mass is 10.1. The van der Waals surface area contributed by atoms with E-state index in [9.17, 15) is 19.2 Å². The van der Waals surface area contributed by atoms with Crippen LogP contribution < -0.4 is 0 Å². The van der Waals surface area contributed by atoms with E-state index in [1.54, 1.807) is 56.6 Å². The third-order valence-electron chi connectivity index (χ3n) is 4.18. The summed E-state index contributed by atoms with van der Waals surface area (Å²) < 4.78 is 5.34. The normalized spacial score (nSPS) is 13.9. The van der Waals surface area contributed by atoms with Crippen molar-refractivity contribution in [2.24, 2.45) is 0 Å². The van der Waals surface area contributed by atoms with Crippen LogP contribution in [-0.4, -0.2) is 54.1 Å². The quantitative estimate of drug-likeness (QED) is 0.594. The van der Waals surface area contributed by atoms with E-state index in [4.69, 9.17) is 4.74 Å². The summed E-state index contributed by atoms with van der Waals surface area (Å²) in [6, 6.07) is 14.9. The number of ether oxygens (including phenoxy) is 1. The van der Waals surface area contributed by atoms with Gasteiger partial charge in [-0.2, -0.15) is 0 Å². The van der Waals surface area contributed by atoms with Gasteiger partial charge in [0.25, 0.3) is 17.7 Å². The van der Waals surface area contributed by atoms with Gasteiger partial charge in [-0.15, -0.1) is 0 Å². The Labute approximate surface area is 156 Å². The van der Waals surface area contributed by atoms with Gasteiger partial charge in [-0.25, -0.2) is 0 Å². The monoisotopic (exact) mass is 366 g/mol. The van der Waals surface area contributed by atoms with Gasteiger partial charge < -0.3 is 9.64 Å². The molecule has 3 amide bonds. The predicted octanol–water partition coefficient (Wildman–Crippen LogP) is 1.66. The smallest absolute Gasteiger partial charge is 0.327 e. The number of nitrogens with zero attached hydrogens (tertiary/aromatic N) is 2. The van der Waals surface area contributed by atoms with Crippen LogP contribution in [0.15, 0.2) is 54.6 Å². The molecule has 2 aromatic rings. The van der Waals surface area contributed by atoms with Gasteiger partial charge in [-0.05, 0) is 12.1 Å². The fourth-order valence-electron chi connectivity index (χ4n) is 2.80. The van der Waals surface area contributed by atoms with Gasteiger partial charge in [0, 0.05) is 19.7 Å². The summed E-state index contributed by atoms with van der Waals surface area (Å²) in [4.78, 5) is 51.7.